The summed E-state index contributed by atoms with van der Waals surface area (Å²) in [7, 11) is -3.02. The largest absolute Gasteiger partial charge is 0.377 e. The van der Waals surface area contributed by atoms with E-state index in [1.807, 2.05) is 0 Å². The van der Waals surface area contributed by atoms with Crippen LogP contribution in [0.2, 0.25) is 0 Å². The molecular weight excluding hydrogens is 355 g/mol. The number of sulfone groups is 1. The van der Waals surface area contributed by atoms with Crippen LogP contribution in [0.5, 0.6) is 0 Å². The third kappa shape index (κ3) is 6.35. The van der Waals surface area contributed by atoms with Gasteiger partial charge in [-0.15, -0.1) is 0 Å². The van der Waals surface area contributed by atoms with E-state index in [1.165, 1.54) is 6.26 Å². The summed E-state index contributed by atoms with van der Waals surface area (Å²) in [5.41, 5.74) is 0. The van der Waals surface area contributed by atoms with Crippen LogP contribution in [0, 0.1) is 3.57 Å². The first-order valence-corrected chi connectivity index (χ1v) is 8.08. The molecule has 0 unspecified atom stereocenters. The lowest BCUT2D eigenvalue weighted by Crippen LogP contribution is -2.16. The van der Waals surface area contributed by atoms with Gasteiger partial charge in [0.15, 0.2) is 9.84 Å². The van der Waals surface area contributed by atoms with Gasteiger partial charge in [-0.1, -0.05) is 0 Å². The highest BCUT2D eigenvalue weighted by Gasteiger charge is 2.04. The van der Waals surface area contributed by atoms with Crippen molar-refractivity contribution in [2.45, 2.75) is 4.90 Å². The van der Waals surface area contributed by atoms with E-state index in [-0.39, 0.29) is 0 Å². The van der Waals surface area contributed by atoms with Crippen LogP contribution in [0.25, 0.3) is 0 Å². The lowest BCUT2D eigenvalue weighted by atomic mass is 10.4. The zero-order valence-electron chi connectivity index (χ0n) is 9.56. The van der Waals surface area contributed by atoms with Crippen LogP contribution in [0.4, 0.5) is 0 Å². The van der Waals surface area contributed by atoms with E-state index in [2.05, 4.69) is 22.6 Å². The average molecular weight is 370 g/mol. The van der Waals surface area contributed by atoms with Gasteiger partial charge in [0.1, 0.15) is 0 Å². The molecule has 1 aliphatic rings. The van der Waals surface area contributed by atoms with Crippen LogP contribution in [0.15, 0.2) is 29.2 Å². The third-order valence-corrected chi connectivity index (χ3v) is 3.83. The van der Waals surface area contributed by atoms with Crippen molar-refractivity contribution in [1.29, 1.82) is 0 Å². The summed E-state index contributed by atoms with van der Waals surface area (Å²) in [5, 5.41) is 0. The van der Waals surface area contributed by atoms with Gasteiger partial charge in [0.05, 0.1) is 31.3 Å². The van der Waals surface area contributed by atoms with Crippen LogP contribution in [0.3, 0.4) is 0 Å². The Balaban J connectivity index is 0.000000202. The lowest BCUT2D eigenvalue weighted by molar-refractivity contribution is -0.0334. The molecule has 1 aromatic carbocycles. The normalized spacial score (nSPS) is 15.9. The fraction of sp³-hybridized carbons (Fsp3) is 0.455. The summed E-state index contributed by atoms with van der Waals surface area (Å²) < 4.78 is 32.8. The molecule has 2 rings (SSSR count). The van der Waals surface area contributed by atoms with E-state index in [0.717, 1.165) is 30.0 Å². The lowest BCUT2D eigenvalue weighted by Gasteiger charge is -2.09. The molecule has 0 radical (unpaired) electrons. The number of ether oxygens (including phenoxy) is 2. The van der Waals surface area contributed by atoms with E-state index < -0.39 is 9.84 Å². The van der Waals surface area contributed by atoms with Crippen molar-refractivity contribution in [3.8, 4) is 0 Å². The number of rotatable bonds is 1. The molecule has 0 saturated carbocycles. The summed E-state index contributed by atoms with van der Waals surface area (Å²) in [5.74, 6) is 0. The van der Waals surface area contributed by atoms with Gasteiger partial charge >= 0.3 is 0 Å². The standard InChI is InChI=1S/C7H7IO2S.C4H8O2/c1-11(9,10)7-4-2-6(8)3-5-7;1-2-6-4-3-5-1/h2-5H,1H3;1-4H2. The van der Waals surface area contributed by atoms with E-state index in [1.54, 1.807) is 24.3 Å². The minimum absolute atomic E-state index is 0.373. The second-order valence-electron chi connectivity index (χ2n) is 3.45. The zero-order chi connectivity index (χ0) is 12.7. The predicted molar refractivity (Wildman–Crippen MR) is 73.9 cm³/mol. The molecule has 1 aliphatic heterocycles. The number of hydrogen-bond acceptors (Lipinski definition) is 4. The van der Waals surface area contributed by atoms with Crippen molar-refractivity contribution >= 4 is 32.4 Å². The summed E-state index contributed by atoms with van der Waals surface area (Å²) in [4.78, 5) is 0.373. The van der Waals surface area contributed by atoms with Gasteiger partial charge < -0.3 is 9.47 Å². The topological polar surface area (TPSA) is 52.6 Å². The van der Waals surface area contributed by atoms with E-state index in [4.69, 9.17) is 9.47 Å². The van der Waals surface area contributed by atoms with Gasteiger partial charge in [-0.2, -0.15) is 0 Å². The molecule has 1 heterocycles. The summed E-state index contributed by atoms with van der Waals surface area (Å²) in [6.07, 6.45) is 1.20. The van der Waals surface area contributed by atoms with Crippen molar-refractivity contribution in [3.63, 3.8) is 0 Å². The van der Waals surface area contributed by atoms with Crippen molar-refractivity contribution in [3.05, 3.63) is 27.8 Å². The molecular formula is C11H15IO4S. The zero-order valence-corrected chi connectivity index (χ0v) is 12.5. The molecule has 0 amide bonds. The van der Waals surface area contributed by atoms with Crippen molar-refractivity contribution in [2.75, 3.05) is 32.7 Å². The molecule has 96 valence electrons. The van der Waals surface area contributed by atoms with Gasteiger partial charge in [-0.3, -0.25) is 0 Å². The van der Waals surface area contributed by atoms with Gasteiger partial charge in [-0.25, -0.2) is 8.42 Å². The van der Waals surface area contributed by atoms with Crippen molar-refractivity contribution in [2.24, 2.45) is 0 Å². The average Bonchev–Trinajstić information content (AvgIpc) is 2.31. The molecule has 6 heteroatoms. The molecule has 0 bridgehead atoms. The summed E-state index contributed by atoms with van der Waals surface area (Å²) in [6.45, 7) is 3.11. The first-order chi connectivity index (χ1) is 8.00. The number of hydrogen-bond donors (Lipinski definition) is 0. The van der Waals surface area contributed by atoms with Crippen LogP contribution in [0.1, 0.15) is 0 Å². The van der Waals surface area contributed by atoms with Crippen molar-refractivity contribution in [1.82, 2.24) is 0 Å². The Hall–Kier alpha value is -0.180. The highest BCUT2D eigenvalue weighted by molar-refractivity contribution is 14.1. The quantitative estimate of drug-likeness (QED) is 0.707. The number of benzene rings is 1. The molecule has 0 atom stereocenters. The fourth-order valence-electron chi connectivity index (χ4n) is 1.12. The van der Waals surface area contributed by atoms with Gasteiger partial charge in [-0.05, 0) is 46.9 Å². The molecule has 4 nitrogen and oxygen atoms in total. The Kier molecular flexibility index (Phi) is 6.39. The minimum Gasteiger partial charge on any atom is -0.377 e. The molecule has 17 heavy (non-hydrogen) atoms. The molecule has 0 aromatic heterocycles. The Bertz CT molecular complexity index is 412. The smallest absolute Gasteiger partial charge is 0.175 e. The molecule has 0 spiro atoms. The Morgan fingerprint density at radius 2 is 1.41 bits per heavy atom. The van der Waals surface area contributed by atoms with Crippen LogP contribution in [-0.2, 0) is 19.3 Å². The highest BCUT2D eigenvalue weighted by Crippen LogP contribution is 2.11. The Labute approximate surface area is 115 Å². The highest BCUT2D eigenvalue weighted by atomic mass is 127. The monoisotopic (exact) mass is 370 g/mol. The van der Waals surface area contributed by atoms with Gasteiger partial charge in [0.25, 0.3) is 0 Å². The van der Waals surface area contributed by atoms with E-state index in [0.29, 0.717) is 4.90 Å². The van der Waals surface area contributed by atoms with E-state index in [9.17, 15) is 8.42 Å². The second-order valence-corrected chi connectivity index (χ2v) is 6.71. The van der Waals surface area contributed by atoms with E-state index >= 15 is 0 Å². The Morgan fingerprint density at radius 1 is 1.00 bits per heavy atom. The van der Waals surface area contributed by atoms with Crippen LogP contribution < -0.4 is 0 Å². The summed E-state index contributed by atoms with van der Waals surface area (Å²) >= 11 is 2.13. The molecule has 0 aliphatic carbocycles. The van der Waals surface area contributed by atoms with Crippen LogP contribution in [-0.4, -0.2) is 41.1 Å². The molecule has 1 fully saturated rings. The molecule has 1 saturated heterocycles. The minimum atomic E-state index is -3.02. The van der Waals surface area contributed by atoms with Crippen molar-refractivity contribution < 1.29 is 17.9 Å². The second kappa shape index (κ2) is 7.30. The number of halogens is 1. The third-order valence-electron chi connectivity index (χ3n) is 1.99. The molecule has 1 aromatic rings. The maximum Gasteiger partial charge on any atom is 0.175 e. The first-order valence-electron chi connectivity index (χ1n) is 5.11. The maximum atomic E-state index is 10.9. The molecule has 0 N–H and O–H groups in total. The SMILES string of the molecule is C1COCCO1.CS(=O)(=O)c1ccc(I)cc1. The summed E-state index contributed by atoms with van der Waals surface area (Å²) in [6, 6.07) is 6.77. The van der Waals surface area contributed by atoms with Gasteiger partial charge in [0.2, 0.25) is 0 Å². The fourth-order valence-corrected chi connectivity index (χ4v) is 2.11. The maximum absolute atomic E-state index is 10.9. The van der Waals surface area contributed by atoms with Gasteiger partial charge in [0, 0.05) is 9.83 Å². The first kappa shape index (κ1) is 14.9. The Morgan fingerprint density at radius 3 is 1.71 bits per heavy atom. The predicted octanol–water partition coefficient (Wildman–Crippen LogP) is 1.73. The van der Waals surface area contributed by atoms with Crippen LogP contribution >= 0.6 is 22.6 Å².